The number of ether oxygens (including phenoxy) is 1. The Bertz CT molecular complexity index is 439. The molecule has 0 aliphatic rings. The van der Waals surface area contributed by atoms with Crippen molar-refractivity contribution in [1.82, 2.24) is 4.98 Å². The zero-order valence-corrected chi connectivity index (χ0v) is 9.00. The predicted molar refractivity (Wildman–Crippen MR) is 61.3 cm³/mol. The number of methoxy groups -OCH3 is 1. The molecule has 82 valence electrons. The third-order valence-electron chi connectivity index (χ3n) is 2.45. The fourth-order valence-electron chi connectivity index (χ4n) is 1.52. The molecule has 1 atom stereocenters. The van der Waals surface area contributed by atoms with Crippen LogP contribution < -0.4 is 4.74 Å². The quantitative estimate of drug-likeness (QED) is 0.853. The van der Waals surface area contributed by atoms with Crippen LogP contribution in [0.1, 0.15) is 17.2 Å². The second-order valence-electron chi connectivity index (χ2n) is 3.46. The first-order valence-electron chi connectivity index (χ1n) is 5.03. The number of hydrogen-bond donors (Lipinski definition) is 1. The minimum atomic E-state index is -0.617. The number of aliphatic hydroxyl groups excluding tert-OH is 1. The molecule has 16 heavy (non-hydrogen) atoms. The molecule has 0 radical (unpaired) electrons. The Morgan fingerprint density at radius 1 is 1.00 bits per heavy atom. The number of hydrogen-bond acceptors (Lipinski definition) is 3. The Hall–Kier alpha value is -1.87. The second kappa shape index (κ2) is 4.77. The molecule has 3 heteroatoms. The van der Waals surface area contributed by atoms with Crippen LogP contribution in [0.4, 0.5) is 0 Å². The number of aromatic nitrogens is 1. The smallest absolute Gasteiger partial charge is 0.118 e. The minimum absolute atomic E-state index is 0.617. The van der Waals surface area contributed by atoms with E-state index in [1.807, 2.05) is 24.3 Å². The molecule has 0 amide bonds. The van der Waals surface area contributed by atoms with E-state index in [9.17, 15) is 5.11 Å². The van der Waals surface area contributed by atoms with E-state index in [0.717, 1.165) is 16.9 Å². The van der Waals surface area contributed by atoms with Gasteiger partial charge in [-0.2, -0.15) is 0 Å². The molecule has 1 aromatic carbocycles. The van der Waals surface area contributed by atoms with Gasteiger partial charge in [0.1, 0.15) is 11.9 Å². The Morgan fingerprint density at radius 3 is 2.12 bits per heavy atom. The minimum Gasteiger partial charge on any atom is -0.497 e. The van der Waals surface area contributed by atoms with Crippen LogP contribution in [-0.2, 0) is 0 Å². The van der Waals surface area contributed by atoms with E-state index >= 15 is 0 Å². The average molecular weight is 215 g/mol. The average Bonchev–Trinajstić information content (AvgIpc) is 2.39. The molecule has 1 aromatic heterocycles. The zero-order chi connectivity index (χ0) is 11.4. The van der Waals surface area contributed by atoms with Crippen molar-refractivity contribution in [3.05, 3.63) is 59.9 Å². The van der Waals surface area contributed by atoms with Gasteiger partial charge in [-0.25, -0.2) is 0 Å². The van der Waals surface area contributed by atoms with Crippen LogP contribution in [0.3, 0.4) is 0 Å². The Morgan fingerprint density at radius 2 is 1.56 bits per heavy atom. The third-order valence-corrected chi connectivity index (χ3v) is 2.45. The summed E-state index contributed by atoms with van der Waals surface area (Å²) in [6.45, 7) is 0. The second-order valence-corrected chi connectivity index (χ2v) is 3.46. The summed E-state index contributed by atoms with van der Waals surface area (Å²) in [6, 6.07) is 11.0. The molecule has 0 saturated carbocycles. The Labute approximate surface area is 94.3 Å². The number of pyridine rings is 1. The van der Waals surface area contributed by atoms with E-state index < -0.39 is 6.10 Å². The summed E-state index contributed by atoms with van der Waals surface area (Å²) < 4.78 is 5.06. The van der Waals surface area contributed by atoms with Gasteiger partial charge >= 0.3 is 0 Å². The first-order valence-corrected chi connectivity index (χ1v) is 5.03. The maximum absolute atomic E-state index is 10.1. The Balaban J connectivity index is 2.24. The molecule has 0 aliphatic heterocycles. The van der Waals surface area contributed by atoms with Crippen molar-refractivity contribution in [2.45, 2.75) is 6.10 Å². The van der Waals surface area contributed by atoms with Crippen molar-refractivity contribution in [1.29, 1.82) is 0 Å². The van der Waals surface area contributed by atoms with Crippen LogP contribution >= 0.6 is 0 Å². The largest absolute Gasteiger partial charge is 0.497 e. The van der Waals surface area contributed by atoms with Gasteiger partial charge in [-0.3, -0.25) is 4.98 Å². The maximum Gasteiger partial charge on any atom is 0.118 e. The topological polar surface area (TPSA) is 42.4 Å². The first kappa shape index (κ1) is 10.6. The lowest BCUT2D eigenvalue weighted by atomic mass is 10.0. The van der Waals surface area contributed by atoms with Gasteiger partial charge in [-0.15, -0.1) is 0 Å². The van der Waals surface area contributed by atoms with Gasteiger partial charge in [-0.1, -0.05) is 12.1 Å². The molecule has 1 N–H and O–H groups in total. The molecule has 2 aromatic rings. The fourth-order valence-corrected chi connectivity index (χ4v) is 1.52. The van der Waals surface area contributed by atoms with Gasteiger partial charge < -0.3 is 9.84 Å². The summed E-state index contributed by atoms with van der Waals surface area (Å²) >= 11 is 0. The molecule has 0 unspecified atom stereocenters. The highest BCUT2D eigenvalue weighted by Gasteiger charge is 2.09. The van der Waals surface area contributed by atoms with E-state index in [0.29, 0.717) is 0 Å². The molecular weight excluding hydrogens is 202 g/mol. The highest BCUT2D eigenvalue weighted by atomic mass is 16.5. The predicted octanol–water partition coefficient (Wildman–Crippen LogP) is 2.17. The van der Waals surface area contributed by atoms with Gasteiger partial charge in [0, 0.05) is 12.4 Å². The number of aliphatic hydroxyl groups is 1. The van der Waals surface area contributed by atoms with E-state index in [2.05, 4.69) is 4.98 Å². The summed E-state index contributed by atoms with van der Waals surface area (Å²) in [5, 5.41) is 10.1. The highest BCUT2D eigenvalue weighted by molar-refractivity contribution is 5.33. The van der Waals surface area contributed by atoms with Gasteiger partial charge in [0.05, 0.1) is 7.11 Å². The maximum atomic E-state index is 10.1. The van der Waals surface area contributed by atoms with E-state index in [1.54, 1.807) is 31.6 Å². The summed E-state index contributed by atoms with van der Waals surface area (Å²) in [7, 11) is 1.62. The van der Waals surface area contributed by atoms with E-state index in [-0.39, 0.29) is 0 Å². The molecule has 0 fully saturated rings. The molecule has 2 rings (SSSR count). The molecule has 0 aliphatic carbocycles. The molecular formula is C13H13NO2. The van der Waals surface area contributed by atoms with Crippen molar-refractivity contribution < 1.29 is 9.84 Å². The molecule has 1 heterocycles. The number of nitrogens with zero attached hydrogens (tertiary/aromatic N) is 1. The van der Waals surface area contributed by atoms with Crippen molar-refractivity contribution in [2.75, 3.05) is 7.11 Å². The third kappa shape index (κ3) is 2.20. The van der Waals surface area contributed by atoms with Crippen LogP contribution in [0.5, 0.6) is 5.75 Å². The summed E-state index contributed by atoms with van der Waals surface area (Å²) in [5.74, 6) is 0.783. The van der Waals surface area contributed by atoms with Crippen molar-refractivity contribution in [2.24, 2.45) is 0 Å². The van der Waals surface area contributed by atoms with Crippen LogP contribution in [0.15, 0.2) is 48.8 Å². The van der Waals surface area contributed by atoms with E-state index in [4.69, 9.17) is 4.74 Å². The number of benzene rings is 1. The SMILES string of the molecule is COc1ccc([C@H](O)c2ccncc2)cc1. The monoisotopic (exact) mass is 215 g/mol. The molecule has 3 nitrogen and oxygen atoms in total. The lowest BCUT2D eigenvalue weighted by molar-refractivity contribution is 0.220. The van der Waals surface area contributed by atoms with Crippen LogP contribution in [-0.4, -0.2) is 17.2 Å². The standard InChI is InChI=1S/C13H13NO2/c1-16-12-4-2-10(3-5-12)13(15)11-6-8-14-9-7-11/h2-9,13,15H,1H3/t13-/m0/s1. The normalized spacial score (nSPS) is 12.1. The summed E-state index contributed by atoms with van der Waals surface area (Å²) in [6.07, 6.45) is 2.72. The van der Waals surface area contributed by atoms with Crippen molar-refractivity contribution in [3.63, 3.8) is 0 Å². The zero-order valence-electron chi connectivity index (χ0n) is 9.00. The first-order chi connectivity index (χ1) is 7.81. The van der Waals surface area contributed by atoms with Crippen molar-refractivity contribution >= 4 is 0 Å². The Kier molecular flexibility index (Phi) is 3.17. The summed E-state index contributed by atoms with van der Waals surface area (Å²) in [5.41, 5.74) is 1.67. The number of rotatable bonds is 3. The van der Waals surface area contributed by atoms with Gasteiger partial charge in [0.15, 0.2) is 0 Å². The van der Waals surface area contributed by atoms with Crippen molar-refractivity contribution in [3.8, 4) is 5.75 Å². The van der Waals surface area contributed by atoms with Crippen LogP contribution in [0, 0.1) is 0 Å². The van der Waals surface area contributed by atoms with Crippen LogP contribution in [0.25, 0.3) is 0 Å². The molecule has 0 spiro atoms. The molecule has 0 saturated heterocycles. The summed E-state index contributed by atoms with van der Waals surface area (Å²) in [4.78, 5) is 3.92. The van der Waals surface area contributed by atoms with Crippen LogP contribution in [0.2, 0.25) is 0 Å². The van der Waals surface area contributed by atoms with Gasteiger partial charge in [0.25, 0.3) is 0 Å². The highest BCUT2D eigenvalue weighted by Crippen LogP contribution is 2.23. The van der Waals surface area contributed by atoms with E-state index in [1.165, 1.54) is 0 Å². The van der Waals surface area contributed by atoms with Gasteiger partial charge in [-0.05, 0) is 35.4 Å². The lowest BCUT2D eigenvalue weighted by Crippen LogP contribution is -1.99. The fraction of sp³-hybridized carbons (Fsp3) is 0.154. The van der Waals surface area contributed by atoms with Gasteiger partial charge in [0.2, 0.25) is 0 Å². The molecule has 0 bridgehead atoms. The lowest BCUT2D eigenvalue weighted by Gasteiger charge is -2.11.